The van der Waals surface area contributed by atoms with Crippen LogP contribution in [0.25, 0.3) is 0 Å². The van der Waals surface area contributed by atoms with E-state index in [2.05, 4.69) is 0 Å². The fourth-order valence-electron chi connectivity index (χ4n) is 8.88. The minimum absolute atomic E-state index is 0.00247. The first kappa shape index (κ1) is 51.9. The molecule has 9 N–H and O–H groups in total. The Morgan fingerprint density at radius 3 is 2.09 bits per heavy atom. The molecule has 3 heterocycles. The van der Waals surface area contributed by atoms with Crippen molar-refractivity contribution >= 4 is 23.9 Å². The van der Waals surface area contributed by atoms with Crippen molar-refractivity contribution in [3.8, 4) is 11.5 Å². The standard InChI is InChI=1S/C47H54O23/c1-20-28(66-44(60)23-7-4-8-24(14-23)64-43(59)22-6-5-9-25(15-22)65-46-40(56)38(54)36(52)31(17-48)67-46)16-26-27(42(57)58)19-63-45(34(20)26)70-47-41(39(55)37(53)32(18-49)68-47)69-33(50)11-10-21-12-29(61-2)35(51)30(13-21)62-3/h4-12,14-15,19-20,26,28,30-32,34,36-41,45-49,51-56H,13,16-18H2,1-3H3,(H,57,58). The zero-order chi connectivity index (χ0) is 50.6. The van der Waals surface area contributed by atoms with Gasteiger partial charge in [0.15, 0.2) is 17.6 Å². The number of aliphatic carboxylic acids is 1. The number of allylic oxidation sites excluding steroid dienone is 2. The van der Waals surface area contributed by atoms with E-state index in [1.807, 2.05) is 0 Å². The highest BCUT2D eigenvalue weighted by molar-refractivity contribution is 5.93. The van der Waals surface area contributed by atoms with Gasteiger partial charge in [-0.25, -0.2) is 19.2 Å². The van der Waals surface area contributed by atoms with Crippen molar-refractivity contribution in [3.63, 3.8) is 0 Å². The lowest BCUT2D eigenvalue weighted by Gasteiger charge is -2.44. The number of aliphatic hydroxyl groups is 8. The Kier molecular flexibility index (Phi) is 16.6. The van der Waals surface area contributed by atoms with Crippen LogP contribution in [0.15, 0.2) is 95.7 Å². The molecular weight excluding hydrogens is 932 g/mol. The molecule has 2 saturated heterocycles. The van der Waals surface area contributed by atoms with Gasteiger partial charge in [0, 0.05) is 37.4 Å². The highest BCUT2D eigenvalue weighted by atomic mass is 16.8. The number of carbonyl (C=O) groups excluding carboxylic acids is 3. The number of aliphatic hydroxyl groups excluding tert-OH is 8. The lowest BCUT2D eigenvalue weighted by atomic mass is 9.83. The number of carboxylic acids is 1. The average molecular weight is 987 g/mol. The number of carbonyl (C=O) groups is 4. The van der Waals surface area contributed by atoms with Crippen LogP contribution >= 0.6 is 0 Å². The van der Waals surface area contributed by atoms with E-state index in [0.717, 1.165) is 12.3 Å². The zero-order valence-electron chi connectivity index (χ0n) is 37.7. The molecule has 0 spiro atoms. The van der Waals surface area contributed by atoms with Gasteiger partial charge >= 0.3 is 23.9 Å². The van der Waals surface area contributed by atoms with Crippen LogP contribution in [0, 0.1) is 17.8 Å². The van der Waals surface area contributed by atoms with E-state index in [1.54, 1.807) is 6.92 Å². The average Bonchev–Trinajstić information content (AvgIpc) is 3.68. The van der Waals surface area contributed by atoms with Crippen LogP contribution in [0.2, 0.25) is 0 Å². The molecule has 5 aliphatic rings. The lowest BCUT2D eigenvalue weighted by Crippen LogP contribution is -2.61. The van der Waals surface area contributed by atoms with Crippen LogP contribution in [0.5, 0.6) is 11.5 Å². The van der Waals surface area contributed by atoms with Crippen LogP contribution < -0.4 is 9.47 Å². The fraction of sp³-hybridized carbons (Fsp3) is 0.489. The van der Waals surface area contributed by atoms with Crippen LogP contribution in [0.1, 0.15) is 40.5 Å². The van der Waals surface area contributed by atoms with Crippen molar-refractivity contribution in [2.24, 2.45) is 17.8 Å². The maximum Gasteiger partial charge on any atom is 0.343 e. The second-order valence-corrected chi connectivity index (χ2v) is 17.0. The van der Waals surface area contributed by atoms with E-state index in [4.69, 9.17) is 47.4 Å². The van der Waals surface area contributed by atoms with Crippen molar-refractivity contribution in [1.82, 2.24) is 0 Å². The first-order valence-electron chi connectivity index (χ1n) is 22.0. The summed E-state index contributed by atoms with van der Waals surface area (Å²) in [5, 5.41) is 92.3. The Morgan fingerprint density at radius 1 is 0.786 bits per heavy atom. The first-order valence-corrected chi connectivity index (χ1v) is 22.0. The second kappa shape index (κ2) is 22.4. The number of fused-ring (bicyclic) bond motifs is 1. The van der Waals surface area contributed by atoms with Gasteiger partial charge in [-0.2, -0.15) is 0 Å². The number of carboxylic acid groups (broad SMARTS) is 1. The SMILES string of the molecule is COC1=C(O)C(OC)CC(C=CC(=O)OC2C(OC3OC=C(C(=O)O)C4CC(OC(=O)c5cccc(OC(=O)c6cccc(OC7OC(CO)C(O)C(O)C7O)c6)c5)C(C)C34)OC(CO)C(O)C2O)=C1. The molecule has 70 heavy (non-hydrogen) atoms. The van der Waals surface area contributed by atoms with Gasteiger partial charge in [-0.1, -0.05) is 25.1 Å². The third kappa shape index (κ3) is 11.1. The smallest absolute Gasteiger partial charge is 0.343 e. The predicted octanol–water partition coefficient (Wildman–Crippen LogP) is -0.108. The molecule has 2 aromatic carbocycles. The summed E-state index contributed by atoms with van der Waals surface area (Å²) in [5.41, 5.74) is 0.252. The monoisotopic (exact) mass is 986 g/mol. The van der Waals surface area contributed by atoms with Crippen molar-refractivity contribution in [3.05, 3.63) is 107 Å². The number of esters is 3. The minimum atomic E-state index is -1.86. The van der Waals surface area contributed by atoms with Gasteiger partial charge in [0.2, 0.25) is 18.9 Å². The van der Waals surface area contributed by atoms with E-state index in [1.165, 1.54) is 74.9 Å². The third-order valence-corrected chi connectivity index (χ3v) is 12.7. The summed E-state index contributed by atoms with van der Waals surface area (Å²) in [5.74, 6) is -6.61. The fourth-order valence-corrected chi connectivity index (χ4v) is 8.88. The minimum Gasteiger partial charge on any atom is -0.506 e. The molecule has 23 nitrogen and oxygen atoms in total. The van der Waals surface area contributed by atoms with Gasteiger partial charge in [0.25, 0.3) is 0 Å². The lowest BCUT2D eigenvalue weighted by molar-refractivity contribution is -0.343. The van der Waals surface area contributed by atoms with Gasteiger partial charge in [-0.15, -0.1) is 0 Å². The molecule has 2 aliphatic carbocycles. The molecule has 380 valence electrons. The zero-order valence-corrected chi connectivity index (χ0v) is 37.7. The summed E-state index contributed by atoms with van der Waals surface area (Å²) >= 11 is 0. The molecule has 7 rings (SSSR count). The Bertz CT molecular complexity index is 2360. The quantitative estimate of drug-likeness (QED) is 0.0602. The molecule has 3 aliphatic heterocycles. The van der Waals surface area contributed by atoms with Gasteiger partial charge in [-0.3, -0.25) is 0 Å². The predicted molar refractivity (Wildman–Crippen MR) is 231 cm³/mol. The van der Waals surface area contributed by atoms with E-state index >= 15 is 0 Å². The maximum absolute atomic E-state index is 13.7. The number of hydrogen-bond donors (Lipinski definition) is 9. The van der Waals surface area contributed by atoms with Crippen LogP contribution in [-0.2, 0) is 47.5 Å². The maximum atomic E-state index is 13.7. The molecule has 0 radical (unpaired) electrons. The molecule has 16 unspecified atom stereocenters. The number of benzene rings is 2. The Labute approximate surface area is 398 Å². The van der Waals surface area contributed by atoms with E-state index < -0.39 is 135 Å². The van der Waals surface area contributed by atoms with Crippen LogP contribution in [0.3, 0.4) is 0 Å². The number of hydrogen-bond acceptors (Lipinski definition) is 22. The molecule has 0 amide bonds. The van der Waals surface area contributed by atoms with Gasteiger partial charge in [-0.05, 0) is 54.5 Å². The summed E-state index contributed by atoms with van der Waals surface area (Å²) in [6.07, 6.45) is -14.4. The number of methoxy groups -OCH3 is 2. The van der Waals surface area contributed by atoms with Crippen molar-refractivity contribution in [1.29, 1.82) is 0 Å². The van der Waals surface area contributed by atoms with Crippen molar-refractivity contribution < 1.29 is 113 Å². The van der Waals surface area contributed by atoms with Crippen molar-refractivity contribution in [2.45, 2.75) is 99.7 Å². The number of rotatable bonds is 16. The van der Waals surface area contributed by atoms with Gasteiger partial charge in [0.1, 0.15) is 66.4 Å². The number of ether oxygens (including phenoxy) is 10. The molecule has 16 atom stereocenters. The summed E-state index contributed by atoms with van der Waals surface area (Å²) in [4.78, 5) is 52.6. The largest absolute Gasteiger partial charge is 0.506 e. The molecule has 0 bridgehead atoms. The normalized spacial score (nSPS) is 34.1. The summed E-state index contributed by atoms with van der Waals surface area (Å²) in [6.45, 7) is 0.197. The Hall–Kier alpha value is -5.96. The molecule has 0 aromatic heterocycles. The van der Waals surface area contributed by atoms with Gasteiger partial charge < -0.3 is 93.3 Å². The molecule has 2 aromatic rings. The molecule has 3 fully saturated rings. The van der Waals surface area contributed by atoms with Crippen LogP contribution in [0.4, 0.5) is 0 Å². The van der Waals surface area contributed by atoms with E-state index in [0.29, 0.717) is 5.57 Å². The molecule has 1 saturated carbocycles. The molecular formula is C47H54O23. The Morgan fingerprint density at radius 2 is 1.43 bits per heavy atom. The highest BCUT2D eigenvalue weighted by Crippen LogP contribution is 2.49. The summed E-state index contributed by atoms with van der Waals surface area (Å²) in [7, 11) is 2.72. The topological polar surface area (TPSA) is 343 Å². The van der Waals surface area contributed by atoms with Crippen molar-refractivity contribution in [2.75, 3.05) is 27.4 Å². The third-order valence-electron chi connectivity index (χ3n) is 12.7. The second-order valence-electron chi connectivity index (χ2n) is 17.0. The van der Waals surface area contributed by atoms with Gasteiger partial charge in [0.05, 0.1) is 43.3 Å². The van der Waals surface area contributed by atoms with E-state index in [9.17, 15) is 65.1 Å². The molecule has 23 heteroatoms. The van der Waals surface area contributed by atoms with E-state index in [-0.39, 0.29) is 52.6 Å². The summed E-state index contributed by atoms with van der Waals surface area (Å²) in [6, 6.07) is 11.0. The highest BCUT2D eigenvalue weighted by Gasteiger charge is 2.55. The van der Waals surface area contributed by atoms with Crippen LogP contribution in [-0.4, -0.2) is 177 Å². The first-order chi connectivity index (χ1) is 33.5. The Balaban J connectivity index is 1.02. The summed E-state index contributed by atoms with van der Waals surface area (Å²) < 4.78 is 56.2.